The third-order valence-electron chi connectivity index (χ3n) is 6.20. The molecule has 3 heteroatoms. The number of rotatable bonds is 9. The van der Waals surface area contributed by atoms with Gasteiger partial charge in [-0.15, -0.1) is 0 Å². The molecule has 2 saturated carbocycles. The van der Waals surface area contributed by atoms with Crippen molar-refractivity contribution in [2.75, 3.05) is 6.61 Å². The summed E-state index contributed by atoms with van der Waals surface area (Å²) in [5.74, 6) is 1.52. The van der Waals surface area contributed by atoms with E-state index < -0.39 is 5.83 Å². The molecule has 0 unspecified atom stereocenters. The maximum absolute atomic E-state index is 12.8. The fraction of sp³-hybridized carbons (Fsp3) is 0.783. The molecule has 0 N–H and O–H groups in total. The Labute approximate surface area is 159 Å². The molecule has 2 fully saturated rings. The molecule has 0 aromatic carbocycles. The summed E-state index contributed by atoms with van der Waals surface area (Å²) in [5, 5.41) is 8.39. The summed E-state index contributed by atoms with van der Waals surface area (Å²) in [6.07, 6.45) is 20.9. The van der Waals surface area contributed by atoms with Crippen molar-refractivity contribution in [2.24, 2.45) is 17.8 Å². The van der Waals surface area contributed by atoms with Crippen LogP contribution in [0.5, 0.6) is 0 Å². The molecule has 0 saturated heterocycles. The van der Waals surface area contributed by atoms with Crippen LogP contribution >= 0.6 is 0 Å². The van der Waals surface area contributed by atoms with Gasteiger partial charge in [0.1, 0.15) is 6.07 Å². The Bertz CT molecular complexity index is 477. The van der Waals surface area contributed by atoms with E-state index in [0.29, 0.717) is 12.0 Å². The van der Waals surface area contributed by atoms with Gasteiger partial charge in [0.15, 0.2) is 5.83 Å². The minimum Gasteiger partial charge on any atom is -0.378 e. The van der Waals surface area contributed by atoms with Crippen LogP contribution in [0.4, 0.5) is 4.39 Å². The predicted octanol–water partition coefficient (Wildman–Crippen LogP) is 6.88. The Hall–Kier alpha value is -1.14. The van der Waals surface area contributed by atoms with Gasteiger partial charge in [-0.3, -0.25) is 0 Å². The first-order valence-corrected chi connectivity index (χ1v) is 10.8. The van der Waals surface area contributed by atoms with E-state index in [1.165, 1.54) is 63.5 Å². The molecule has 0 aromatic rings. The summed E-state index contributed by atoms with van der Waals surface area (Å²) in [6, 6.07) is 1.50. The van der Waals surface area contributed by atoms with E-state index in [9.17, 15) is 4.39 Å². The van der Waals surface area contributed by atoms with Gasteiger partial charge < -0.3 is 4.74 Å². The molecule has 146 valence electrons. The van der Waals surface area contributed by atoms with Gasteiger partial charge in [0.2, 0.25) is 0 Å². The van der Waals surface area contributed by atoms with E-state index in [2.05, 4.69) is 6.92 Å². The van der Waals surface area contributed by atoms with Gasteiger partial charge in [0.25, 0.3) is 0 Å². The Balaban J connectivity index is 1.56. The zero-order chi connectivity index (χ0) is 18.6. The number of hydrogen-bond donors (Lipinski definition) is 0. The largest absolute Gasteiger partial charge is 0.378 e. The number of unbranched alkanes of at least 4 members (excludes halogenated alkanes) is 2. The average Bonchev–Trinajstić information content (AvgIpc) is 2.68. The van der Waals surface area contributed by atoms with Crippen LogP contribution in [0.1, 0.15) is 84.0 Å². The number of halogens is 1. The molecule has 2 aliphatic rings. The van der Waals surface area contributed by atoms with Crippen LogP contribution in [0.15, 0.2) is 24.1 Å². The molecule has 2 aliphatic carbocycles. The van der Waals surface area contributed by atoms with Crippen LogP contribution in [0, 0.1) is 29.1 Å². The summed E-state index contributed by atoms with van der Waals surface area (Å²) >= 11 is 0. The Morgan fingerprint density at radius 3 is 2.38 bits per heavy atom. The maximum Gasteiger partial charge on any atom is 0.199 e. The summed E-state index contributed by atoms with van der Waals surface area (Å²) in [4.78, 5) is 0. The zero-order valence-corrected chi connectivity index (χ0v) is 16.5. The summed E-state index contributed by atoms with van der Waals surface area (Å²) in [6.45, 7) is 3.23. The first-order valence-electron chi connectivity index (χ1n) is 10.8. The topological polar surface area (TPSA) is 33.0 Å². The second-order valence-electron chi connectivity index (χ2n) is 8.26. The molecule has 26 heavy (non-hydrogen) atoms. The smallest absolute Gasteiger partial charge is 0.199 e. The second kappa shape index (κ2) is 12.3. The fourth-order valence-corrected chi connectivity index (χ4v) is 4.42. The minimum atomic E-state index is -0.724. The number of nitriles is 1. The van der Waals surface area contributed by atoms with Crippen LogP contribution < -0.4 is 0 Å². The lowest BCUT2D eigenvalue weighted by atomic mass is 9.80. The van der Waals surface area contributed by atoms with Crippen LogP contribution in [0.2, 0.25) is 0 Å². The van der Waals surface area contributed by atoms with E-state index in [-0.39, 0.29) is 0 Å². The SMILES string of the molecule is CCCCC[C@H]1CC[C@H](COC2CCC(C=CC=C(F)C#N)CC2)CC1. The molecule has 0 aromatic heterocycles. The molecular weight excluding hydrogens is 325 g/mol. The maximum atomic E-state index is 12.8. The van der Waals surface area contributed by atoms with E-state index >= 15 is 0 Å². The molecule has 0 heterocycles. The van der Waals surface area contributed by atoms with E-state index in [4.69, 9.17) is 10.00 Å². The molecule has 2 rings (SSSR count). The van der Waals surface area contributed by atoms with E-state index in [1.807, 2.05) is 6.08 Å². The lowest BCUT2D eigenvalue weighted by Gasteiger charge is -2.31. The highest BCUT2D eigenvalue weighted by Gasteiger charge is 2.24. The van der Waals surface area contributed by atoms with Crippen molar-refractivity contribution < 1.29 is 9.13 Å². The number of ether oxygens (including phenoxy) is 1. The first-order chi connectivity index (χ1) is 12.7. The number of allylic oxidation sites excluding steroid dienone is 4. The summed E-state index contributed by atoms with van der Waals surface area (Å²) in [5.41, 5.74) is 0. The number of nitrogens with zero attached hydrogens (tertiary/aromatic N) is 1. The molecule has 0 radical (unpaired) electrons. The zero-order valence-electron chi connectivity index (χ0n) is 16.5. The van der Waals surface area contributed by atoms with Gasteiger partial charge >= 0.3 is 0 Å². The third kappa shape index (κ3) is 8.04. The van der Waals surface area contributed by atoms with Crippen molar-refractivity contribution in [1.82, 2.24) is 0 Å². The van der Waals surface area contributed by atoms with Crippen LogP contribution in [0.3, 0.4) is 0 Å². The monoisotopic (exact) mass is 361 g/mol. The fourth-order valence-electron chi connectivity index (χ4n) is 4.42. The van der Waals surface area contributed by atoms with Crippen molar-refractivity contribution in [2.45, 2.75) is 90.1 Å². The van der Waals surface area contributed by atoms with Crippen LogP contribution in [-0.4, -0.2) is 12.7 Å². The second-order valence-corrected chi connectivity index (χ2v) is 8.26. The van der Waals surface area contributed by atoms with Gasteiger partial charge in [-0.05, 0) is 62.4 Å². The summed E-state index contributed by atoms with van der Waals surface area (Å²) in [7, 11) is 0. The molecule has 2 nitrogen and oxygen atoms in total. The third-order valence-corrected chi connectivity index (χ3v) is 6.20. The molecule has 0 amide bonds. The molecule has 0 spiro atoms. The average molecular weight is 362 g/mol. The quantitative estimate of drug-likeness (QED) is 0.255. The first kappa shape index (κ1) is 21.2. The van der Waals surface area contributed by atoms with Gasteiger partial charge in [0, 0.05) is 6.61 Å². The molecule has 0 aliphatic heterocycles. The molecule has 0 atom stereocenters. The highest BCUT2D eigenvalue weighted by Crippen LogP contribution is 2.33. The van der Waals surface area contributed by atoms with Crippen molar-refractivity contribution in [3.8, 4) is 6.07 Å². The Morgan fingerprint density at radius 2 is 1.73 bits per heavy atom. The van der Waals surface area contributed by atoms with E-state index in [0.717, 1.165) is 44.1 Å². The van der Waals surface area contributed by atoms with Crippen molar-refractivity contribution in [3.63, 3.8) is 0 Å². The van der Waals surface area contributed by atoms with E-state index in [1.54, 1.807) is 6.08 Å². The predicted molar refractivity (Wildman–Crippen MR) is 105 cm³/mol. The highest BCUT2D eigenvalue weighted by atomic mass is 19.1. The lowest BCUT2D eigenvalue weighted by molar-refractivity contribution is -0.00663. The van der Waals surface area contributed by atoms with Crippen molar-refractivity contribution >= 4 is 0 Å². The normalized spacial score (nSPS) is 30.4. The standard InChI is InChI=1S/C23H36FNO/c1-2-3-4-6-19-9-11-21(12-10-19)18-26-23-15-13-20(14-16-23)7-5-8-22(24)17-25/h5,7-8,19-21,23H,2-4,6,9-16,18H2,1H3/t19-,20?,21-,23?. The molecule has 0 bridgehead atoms. The van der Waals surface area contributed by atoms with Crippen molar-refractivity contribution in [3.05, 3.63) is 24.1 Å². The minimum absolute atomic E-state index is 0.410. The molecular formula is C23H36FNO. The summed E-state index contributed by atoms with van der Waals surface area (Å²) < 4.78 is 19.0. The van der Waals surface area contributed by atoms with Gasteiger partial charge in [-0.25, -0.2) is 0 Å². The Morgan fingerprint density at radius 1 is 1.04 bits per heavy atom. The lowest BCUT2D eigenvalue weighted by Crippen LogP contribution is -2.25. The van der Waals surface area contributed by atoms with Gasteiger partial charge in [-0.1, -0.05) is 57.6 Å². The Kier molecular flexibility index (Phi) is 10.00. The highest BCUT2D eigenvalue weighted by molar-refractivity contribution is 5.19. The van der Waals surface area contributed by atoms with Crippen LogP contribution in [0.25, 0.3) is 0 Å². The van der Waals surface area contributed by atoms with Crippen LogP contribution in [-0.2, 0) is 4.74 Å². The van der Waals surface area contributed by atoms with Gasteiger partial charge in [-0.2, -0.15) is 9.65 Å². The number of hydrogen-bond acceptors (Lipinski definition) is 2. The van der Waals surface area contributed by atoms with Gasteiger partial charge in [0.05, 0.1) is 6.10 Å². The van der Waals surface area contributed by atoms with Crippen molar-refractivity contribution in [1.29, 1.82) is 5.26 Å².